The zero-order valence-electron chi connectivity index (χ0n) is 30.2. The van der Waals surface area contributed by atoms with Crippen molar-refractivity contribution in [2.24, 2.45) is 10.3 Å². The first-order chi connectivity index (χ1) is 25.5. The van der Waals surface area contributed by atoms with Crippen molar-refractivity contribution >= 4 is 11.4 Å². The van der Waals surface area contributed by atoms with E-state index in [2.05, 4.69) is 38.2 Å². The number of oxime groups is 2. The van der Waals surface area contributed by atoms with Crippen LogP contribution in [0.25, 0.3) is 0 Å². The van der Waals surface area contributed by atoms with E-state index in [9.17, 15) is 4.39 Å². The van der Waals surface area contributed by atoms with Crippen LogP contribution in [0, 0.1) is 5.95 Å². The Kier molecular flexibility index (Phi) is 19.7. The second kappa shape index (κ2) is 24.9. The first kappa shape index (κ1) is 41.2. The van der Waals surface area contributed by atoms with Gasteiger partial charge < -0.3 is 28.6 Å². The molecular weight excluding hydrogens is 675 g/mol. The Balaban J connectivity index is 0.000000288. The molecule has 2 aromatic carbocycles. The fourth-order valence-electron chi connectivity index (χ4n) is 4.45. The summed E-state index contributed by atoms with van der Waals surface area (Å²) in [5.74, 6) is 0.611. The van der Waals surface area contributed by atoms with Gasteiger partial charge >= 0.3 is 0 Å². The molecule has 0 unspecified atom stereocenters. The first-order valence-corrected chi connectivity index (χ1v) is 16.5. The van der Waals surface area contributed by atoms with E-state index in [1.807, 2.05) is 54.6 Å². The average molecular weight is 723 g/mol. The lowest BCUT2D eigenvalue weighted by atomic mass is 10.0. The van der Waals surface area contributed by atoms with E-state index in [1.54, 1.807) is 38.4 Å². The molecular formula is C37H47FN6O8. The minimum absolute atomic E-state index is 0.217. The summed E-state index contributed by atoms with van der Waals surface area (Å²) in [5.41, 5.74) is 9.97. The van der Waals surface area contributed by atoms with Gasteiger partial charge in [0.25, 0.3) is 0 Å². The third-order valence-corrected chi connectivity index (χ3v) is 6.73. The van der Waals surface area contributed by atoms with Gasteiger partial charge in [-0.15, -0.1) is 0 Å². The zero-order chi connectivity index (χ0) is 37.2. The monoisotopic (exact) mass is 722 g/mol. The lowest BCUT2D eigenvalue weighted by Crippen LogP contribution is -2.19. The van der Waals surface area contributed by atoms with Crippen LogP contribution >= 0.6 is 0 Å². The van der Waals surface area contributed by atoms with E-state index in [4.69, 9.17) is 38.3 Å². The molecule has 0 radical (unpaired) electrons. The zero-order valence-corrected chi connectivity index (χ0v) is 30.2. The van der Waals surface area contributed by atoms with Crippen molar-refractivity contribution in [3.63, 3.8) is 0 Å². The SMILES string of the molecule is CCCOCCOc1cccc(OCc2ccccc2/C(CONC)=N/OC)n1.CNOC/C(=N\OC)c1ccccc1COc1cccc(F)n1. The van der Waals surface area contributed by atoms with Gasteiger partial charge in [-0.3, -0.25) is 9.68 Å². The van der Waals surface area contributed by atoms with Gasteiger partial charge in [-0.2, -0.15) is 14.4 Å². The van der Waals surface area contributed by atoms with Crippen molar-refractivity contribution < 1.29 is 42.7 Å². The summed E-state index contributed by atoms with van der Waals surface area (Å²) >= 11 is 0. The molecule has 14 nitrogen and oxygen atoms in total. The maximum atomic E-state index is 13.1. The minimum Gasteiger partial charge on any atom is -0.475 e. The molecule has 0 aliphatic heterocycles. The normalized spacial score (nSPS) is 11.3. The summed E-state index contributed by atoms with van der Waals surface area (Å²) in [4.78, 5) is 28.3. The van der Waals surface area contributed by atoms with Crippen molar-refractivity contribution in [3.05, 3.63) is 113 Å². The van der Waals surface area contributed by atoms with Crippen LogP contribution in [-0.2, 0) is 37.3 Å². The largest absolute Gasteiger partial charge is 0.475 e. The molecule has 0 saturated carbocycles. The number of halogens is 1. The Morgan fingerprint density at radius 3 is 1.62 bits per heavy atom. The Morgan fingerprint density at radius 2 is 1.12 bits per heavy atom. The Morgan fingerprint density at radius 1 is 0.615 bits per heavy atom. The highest BCUT2D eigenvalue weighted by Gasteiger charge is 2.13. The Labute approximate surface area is 303 Å². The maximum absolute atomic E-state index is 13.1. The van der Waals surface area contributed by atoms with Crippen LogP contribution in [0.15, 0.2) is 95.2 Å². The lowest BCUT2D eigenvalue weighted by molar-refractivity contribution is 0.0866. The van der Waals surface area contributed by atoms with Gasteiger partial charge in [0.2, 0.25) is 23.6 Å². The predicted octanol–water partition coefficient (Wildman–Crippen LogP) is 5.27. The quantitative estimate of drug-likeness (QED) is 0.0471. The van der Waals surface area contributed by atoms with E-state index in [-0.39, 0.29) is 25.7 Å². The molecule has 15 heteroatoms. The summed E-state index contributed by atoms with van der Waals surface area (Å²) < 4.78 is 35.5. The molecule has 4 aromatic rings. The summed E-state index contributed by atoms with van der Waals surface area (Å²) in [7, 11) is 6.32. The standard InChI is InChI=1S/C21H29N3O5.C16H18FN3O3/c1-4-12-26-13-14-27-20-10-7-11-21(23-20)28-15-17-8-5-6-9-18(17)19(24-25-3)16-29-22-2;1-18-23-11-14(20-21-2)13-7-4-3-6-12(13)10-22-16-9-5-8-15(17)19-16/h5-11,22H,4,12-16H2,1-3H3;3-9,18H,10-11H2,1-2H3/b24-19+;20-14+. The predicted molar refractivity (Wildman–Crippen MR) is 194 cm³/mol. The van der Waals surface area contributed by atoms with Crippen molar-refractivity contribution in [1.29, 1.82) is 0 Å². The van der Waals surface area contributed by atoms with Crippen LogP contribution in [0.1, 0.15) is 35.6 Å². The van der Waals surface area contributed by atoms with Crippen LogP contribution in [0.3, 0.4) is 0 Å². The third-order valence-electron chi connectivity index (χ3n) is 6.73. The molecule has 4 rings (SSSR count). The second-order valence-corrected chi connectivity index (χ2v) is 10.4. The van der Waals surface area contributed by atoms with Crippen molar-refractivity contribution in [3.8, 4) is 17.6 Å². The van der Waals surface area contributed by atoms with Gasteiger partial charge in [-0.05, 0) is 23.6 Å². The van der Waals surface area contributed by atoms with Crippen LogP contribution in [0.5, 0.6) is 17.6 Å². The van der Waals surface area contributed by atoms with E-state index in [1.165, 1.54) is 20.3 Å². The number of rotatable bonds is 22. The Bertz CT molecular complexity index is 1660. The molecule has 0 aliphatic carbocycles. The number of aromatic nitrogens is 2. The van der Waals surface area contributed by atoms with Crippen LogP contribution in [0.2, 0.25) is 0 Å². The van der Waals surface area contributed by atoms with Gasteiger partial charge in [0.15, 0.2) is 0 Å². The molecule has 0 bridgehead atoms. The molecule has 0 aliphatic rings. The average Bonchev–Trinajstić information content (AvgIpc) is 3.17. The highest BCUT2D eigenvalue weighted by Crippen LogP contribution is 2.18. The summed E-state index contributed by atoms with van der Waals surface area (Å²) in [6, 6.07) is 25.1. The van der Waals surface area contributed by atoms with E-state index < -0.39 is 5.95 Å². The van der Waals surface area contributed by atoms with Gasteiger partial charge in [0, 0.05) is 50.0 Å². The molecule has 0 amide bonds. The first-order valence-electron chi connectivity index (χ1n) is 16.5. The second-order valence-electron chi connectivity index (χ2n) is 10.4. The number of hydrogen-bond donors (Lipinski definition) is 2. The molecule has 0 atom stereocenters. The van der Waals surface area contributed by atoms with Crippen LogP contribution in [0.4, 0.5) is 4.39 Å². The summed E-state index contributed by atoms with van der Waals surface area (Å²) in [6.07, 6.45) is 0.987. The molecule has 280 valence electrons. The molecule has 0 saturated heterocycles. The highest BCUT2D eigenvalue weighted by molar-refractivity contribution is 6.03. The lowest BCUT2D eigenvalue weighted by Gasteiger charge is -2.13. The molecule has 2 aromatic heterocycles. The number of nitrogens with one attached hydrogen (secondary N) is 2. The van der Waals surface area contributed by atoms with E-state index in [0.29, 0.717) is 43.0 Å². The fourth-order valence-corrected chi connectivity index (χ4v) is 4.45. The summed E-state index contributed by atoms with van der Waals surface area (Å²) in [6.45, 7) is 4.78. The van der Waals surface area contributed by atoms with Crippen LogP contribution in [-0.4, -0.2) is 82.7 Å². The third kappa shape index (κ3) is 15.0. The van der Waals surface area contributed by atoms with Gasteiger partial charge in [0.05, 0.1) is 6.61 Å². The number of benzene rings is 2. The van der Waals surface area contributed by atoms with Gasteiger partial charge in [0.1, 0.15) is 58.7 Å². The fraction of sp³-hybridized carbons (Fsp3) is 0.351. The maximum Gasteiger partial charge on any atom is 0.216 e. The molecule has 2 heterocycles. The van der Waals surface area contributed by atoms with Gasteiger partial charge in [-0.25, -0.2) is 11.0 Å². The smallest absolute Gasteiger partial charge is 0.216 e. The van der Waals surface area contributed by atoms with E-state index in [0.717, 1.165) is 35.3 Å². The van der Waals surface area contributed by atoms with E-state index >= 15 is 0 Å². The van der Waals surface area contributed by atoms with Crippen molar-refractivity contribution in [2.75, 3.05) is 61.3 Å². The molecule has 0 spiro atoms. The number of ether oxygens (including phenoxy) is 4. The minimum atomic E-state index is -0.583. The molecule has 52 heavy (non-hydrogen) atoms. The Hall–Kier alpha value is -5.19. The number of pyridine rings is 2. The number of hydroxylamine groups is 2. The van der Waals surface area contributed by atoms with Gasteiger partial charge in [-0.1, -0.05) is 77.9 Å². The highest BCUT2D eigenvalue weighted by atomic mass is 19.1. The topological polar surface area (TPSA) is 148 Å². The number of hydrogen-bond acceptors (Lipinski definition) is 14. The summed E-state index contributed by atoms with van der Waals surface area (Å²) in [5, 5.41) is 8.05. The van der Waals surface area contributed by atoms with Crippen molar-refractivity contribution in [2.45, 2.75) is 26.6 Å². The van der Waals surface area contributed by atoms with Crippen molar-refractivity contribution in [1.82, 2.24) is 20.9 Å². The number of nitrogens with zero attached hydrogens (tertiary/aromatic N) is 4. The molecule has 2 N–H and O–H groups in total. The molecule has 0 fully saturated rings. The van der Waals surface area contributed by atoms with Crippen LogP contribution < -0.4 is 25.2 Å².